The highest BCUT2D eigenvalue weighted by Crippen LogP contribution is 2.27. The van der Waals surface area contributed by atoms with Gasteiger partial charge in [-0.05, 0) is 37.9 Å². The minimum atomic E-state index is -0.380. The van der Waals surface area contributed by atoms with Crippen LogP contribution >= 0.6 is 0 Å². The largest absolute Gasteiger partial charge is 0.376 e. The maximum atomic E-state index is 12.3. The van der Waals surface area contributed by atoms with E-state index in [2.05, 4.69) is 22.1 Å². The number of carbonyl (C=O) groups is 1. The van der Waals surface area contributed by atoms with Crippen molar-refractivity contribution < 1.29 is 14.3 Å². The summed E-state index contributed by atoms with van der Waals surface area (Å²) in [7, 11) is 0. The summed E-state index contributed by atoms with van der Waals surface area (Å²) in [5.74, 6) is -0.380. The van der Waals surface area contributed by atoms with Crippen LogP contribution in [0.4, 0.5) is 0 Å². The van der Waals surface area contributed by atoms with Gasteiger partial charge in [0.05, 0.1) is 25.9 Å². The van der Waals surface area contributed by atoms with Gasteiger partial charge in [0.2, 0.25) is 0 Å². The second kappa shape index (κ2) is 8.60. The molecule has 1 aliphatic carbocycles. The van der Waals surface area contributed by atoms with E-state index >= 15 is 0 Å². The smallest absolute Gasteiger partial charge is 0.261 e. The standard InChI is InChI=1S/C18H27N3O4/c1-2-7-21(14-4-5-14)11-13-3-6-16(18(23)20-13)17(22)19-10-15-12-24-8-9-25-15/h3,6,14-15H,2,4-5,7-12H2,1H3,(H,19,22)(H,20,23). The summed E-state index contributed by atoms with van der Waals surface area (Å²) in [6, 6.07) is 4.09. The third-order valence-electron chi connectivity index (χ3n) is 4.54. The van der Waals surface area contributed by atoms with Crippen LogP contribution < -0.4 is 10.9 Å². The zero-order chi connectivity index (χ0) is 17.6. The Morgan fingerprint density at radius 1 is 1.36 bits per heavy atom. The van der Waals surface area contributed by atoms with Crippen LogP contribution in [0.2, 0.25) is 0 Å². The van der Waals surface area contributed by atoms with E-state index in [1.54, 1.807) is 6.07 Å². The van der Waals surface area contributed by atoms with Crippen LogP contribution in [-0.4, -0.2) is 60.8 Å². The summed E-state index contributed by atoms with van der Waals surface area (Å²) in [4.78, 5) is 29.7. The lowest BCUT2D eigenvalue weighted by Gasteiger charge is -2.23. The number of ether oxygens (including phenoxy) is 2. The highest BCUT2D eigenvalue weighted by molar-refractivity contribution is 5.93. The first-order chi connectivity index (χ1) is 12.2. The van der Waals surface area contributed by atoms with Gasteiger partial charge in [0.15, 0.2) is 0 Å². The van der Waals surface area contributed by atoms with Gasteiger partial charge in [0.25, 0.3) is 11.5 Å². The van der Waals surface area contributed by atoms with E-state index in [1.807, 2.05) is 6.07 Å². The fraction of sp³-hybridized carbons (Fsp3) is 0.667. The van der Waals surface area contributed by atoms with Crippen LogP contribution in [-0.2, 0) is 16.0 Å². The molecule has 1 amide bonds. The molecule has 1 unspecified atom stereocenters. The van der Waals surface area contributed by atoms with Crippen LogP contribution in [0.15, 0.2) is 16.9 Å². The predicted octanol–water partition coefficient (Wildman–Crippen LogP) is 0.895. The van der Waals surface area contributed by atoms with Crippen molar-refractivity contribution in [3.63, 3.8) is 0 Å². The lowest BCUT2D eigenvalue weighted by molar-refractivity contribution is -0.0855. The number of pyridine rings is 1. The number of amides is 1. The van der Waals surface area contributed by atoms with Crippen LogP contribution in [0.1, 0.15) is 42.2 Å². The van der Waals surface area contributed by atoms with Crippen molar-refractivity contribution in [1.29, 1.82) is 0 Å². The quantitative estimate of drug-likeness (QED) is 0.728. The molecule has 3 rings (SSSR count). The SMILES string of the molecule is CCCN(Cc1ccc(C(=O)NCC2COCCO2)c(=O)[nH]1)C1CC1. The molecule has 0 aromatic carbocycles. The van der Waals surface area contributed by atoms with Gasteiger partial charge in [-0.15, -0.1) is 0 Å². The second-order valence-electron chi connectivity index (χ2n) is 6.71. The van der Waals surface area contributed by atoms with Crippen molar-refractivity contribution in [1.82, 2.24) is 15.2 Å². The topological polar surface area (TPSA) is 83.7 Å². The zero-order valence-electron chi connectivity index (χ0n) is 14.8. The monoisotopic (exact) mass is 349 g/mol. The van der Waals surface area contributed by atoms with Crippen molar-refractivity contribution in [2.75, 3.05) is 32.9 Å². The zero-order valence-corrected chi connectivity index (χ0v) is 14.8. The number of aromatic nitrogens is 1. The molecular weight excluding hydrogens is 322 g/mol. The number of rotatable bonds is 8. The normalized spacial score (nSPS) is 20.6. The third-order valence-corrected chi connectivity index (χ3v) is 4.54. The Hall–Kier alpha value is -1.70. The molecule has 2 heterocycles. The Labute approximate surface area is 147 Å². The number of nitrogens with zero attached hydrogens (tertiary/aromatic N) is 1. The summed E-state index contributed by atoms with van der Waals surface area (Å²) < 4.78 is 10.8. The summed E-state index contributed by atoms with van der Waals surface area (Å²) in [5, 5.41) is 2.74. The van der Waals surface area contributed by atoms with Gasteiger partial charge in [-0.25, -0.2) is 0 Å². The number of hydrogen-bond acceptors (Lipinski definition) is 5. The van der Waals surface area contributed by atoms with Crippen LogP contribution in [0, 0.1) is 0 Å². The molecule has 2 aliphatic rings. The maximum absolute atomic E-state index is 12.3. The number of aromatic amines is 1. The van der Waals surface area contributed by atoms with Crippen LogP contribution in [0.3, 0.4) is 0 Å². The fourth-order valence-corrected chi connectivity index (χ4v) is 3.08. The van der Waals surface area contributed by atoms with Gasteiger partial charge in [0, 0.05) is 24.8 Å². The molecule has 0 spiro atoms. The highest BCUT2D eigenvalue weighted by Gasteiger charge is 2.28. The van der Waals surface area contributed by atoms with E-state index in [1.165, 1.54) is 12.8 Å². The van der Waals surface area contributed by atoms with Gasteiger partial charge in [-0.2, -0.15) is 0 Å². The van der Waals surface area contributed by atoms with Gasteiger partial charge in [-0.3, -0.25) is 14.5 Å². The first-order valence-corrected chi connectivity index (χ1v) is 9.11. The minimum absolute atomic E-state index is 0.133. The molecule has 1 aromatic heterocycles. The Morgan fingerprint density at radius 2 is 2.20 bits per heavy atom. The first-order valence-electron chi connectivity index (χ1n) is 9.11. The van der Waals surface area contributed by atoms with Gasteiger partial charge in [0.1, 0.15) is 5.56 Å². The lowest BCUT2D eigenvalue weighted by atomic mass is 10.2. The van der Waals surface area contributed by atoms with Crippen molar-refractivity contribution in [3.8, 4) is 0 Å². The average Bonchev–Trinajstić information content (AvgIpc) is 3.45. The predicted molar refractivity (Wildman–Crippen MR) is 93.7 cm³/mol. The first kappa shape index (κ1) is 18.1. The molecule has 2 fully saturated rings. The third kappa shape index (κ3) is 5.14. The molecule has 1 aliphatic heterocycles. The van der Waals surface area contributed by atoms with E-state index in [4.69, 9.17) is 9.47 Å². The summed E-state index contributed by atoms with van der Waals surface area (Å²) >= 11 is 0. The van der Waals surface area contributed by atoms with E-state index < -0.39 is 0 Å². The maximum Gasteiger partial charge on any atom is 0.261 e. The molecule has 138 valence electrons. The Balaban J connectivity index is 1.56. The van der Waals surface area contributed by atoms with Crippen molar-refractivity contribution in [2.24, 2.45) is 0 Å². The number of hydrogen-bond donors (Lipinski definition) is 2. The molecule has 7 nitrogen and oxygen atoms in total. The van der Waals surface area contributed by atoms with Crippen molar-refractivity contribution in [2.45, 2.75) is 44.9 Å². The highest BCUT2D eigenvalue weighted by atomic mass is 16.6. The lowest BCUT2D eigenvalue weighted by Crippen LogP contribution is -2.41. The van der Waals surface area contributed by atoms with Crippen molar-refractivity contribution >= 4 is 5.91 Å². The number of nitrogens with one attached hydrogen (secondary N) is 2. The Kier molecular flexibility index (Phi) is 6.23. The average molecular weight is 349 g/mol. The second-order valence-corrected chi connectivity index (χ2v) is 6.71. The number of H-pyrrole nitrogens is 1. The van der Waals surface area contributed by atoms with E-state index in [0.717, 1.165) is 25.2 Å². The van der Waals surface area contributed by atoms with Gasteiger partial charge < -0.3 is 19.8 Å². The molecule has 1 saturated carbocycles. The summed E-state index contributed by atoms with van der Waals surface area (Å²) in [6.07, 6.45) is 3.40. The number of carbonyl (C=O) groups excluding carboxylic acids is 1. The van der Waals surface area contributed by atoms with Gasteiger partial charge in [-0.1, -0.05) is 6.92 Å². The summed E-state index contributed by atoms with van der Waals surface area (Å²) in [6.45, 7) is 5.83. The Morgan fingerprint density at radius 3 is 2.84 bits per heavy atom. The summed E-state index contributed by atoms with van der Waals surface area (Å²) in [5.41, 5.74) is 0.642. The van der Waals surface area contributed by atoms with E-state index in [9.17, 15) is 9.59 Å². The van der Waals surface area contributed by atoms with Crippen LogP contribution in [0.5, 0.6) is 0 Å². The molecule has 0 bridgehead atoms. The molecule has 7 heteroatoms. The molecule has 1 aromatic rings. The van der Waals surface area contributed by atoms with Gasteiger partial charge >= 0.3 is 0 Å². The van der Waals surface area contributed by atoms with E-state index in [-0.39, 0.29) is 23.1 Å². The molecule has 25 heavy (non-hydrogen) atoms. The molecule has 2 N–H and O–H groups in total. The molecule has 1 atom stereocenters. The van der Waals surface area contributed by atoms with E-state index in [0.29, 0.717) is 32.4 Å². The molecule has 0 radical (unpaired) electrons. The molecular formula is C18H27N3O4. The molecule has 1 saturated heterocycles. The minimum Gasteiger partial charge on any atom is -0.376 e. The fourth-order valence-electron chi connectivity index (χ4n) is 3.08. The van der Waals surface area contributed by atoms with Crippen molar-refractivity contribution in [3.05, 3.63) is 33.7 Å². The Bertz CT molecular complexity index is 635. The van der Waals surface area contributed by atoms with Crippen LogP contribution in [0.25, 0.3) is 0 Å².